The molecular formula is C17H26N2O3S. The van der Waals surface area contributed by atoms with Gasteiger partial charge in [0.2, 0.25) is 0 Å². The highest BCUT2D eigenvalue weighted by atomic mass is 32.2. The maximum Gasteiger partial charge on any atom is 0.322 e. The molecule has 6 heteroatoms. The predicted octanol–water partition coefficient (Wildman–Crippen LogP) is 3.44. The number of sulfone groups is 1. The van der Waals surface area contributed by atoms with E-state index < -0.39 is 9.84 Å². The number of anilines is 1. The molecule has 1 aromatic carbocycles. The first-order chi connectivity index (χ1) is 10.7. The Bertz CT molecular complexity index is 683. The van der Waals surface area contributed by atoms with Gasteiger partial charge in [-0.2, -0.15) is 0 Å². The van der Waals surface area contributed by atoms with Crippen molar-refractivity contribution in [1.29, 1.82) is 0 Å². The molecule has 5 nitrogen and oxygen atoms in total. The number of amides is 2. The van der Waals surface area contributed by atoms with Gasteiger partial charge in [-0.05, 0) is 49.8 Å². The lowest BCUT2D eigenvalue weighted by Crippen LogP contribution is -2.48. The fourth-order valence-electron chi connectivity index (χ4n) is 3.18. The Kier molecular flexibility index (Phi) is 5.34. The van der Waals surface area contributed by atoms with Crippen molar-refractivity contribution in [3.63, 3.8) is 0 Å². The molecule has 0 aromatic heterocycles. The normalized spacial score (nSPS) is 19.0. The molecule has 1 aliphatic rings. The predicted molar refractivity (Wildman–Crippen MR) is 92.5 cm³/mol. The van der Waals surface area contributed by atoms with Gasteiger partial charge in [0.1, 0.15) is 0 Å². The van der Waals surface area contributed by atoms with E-state index in [1.807, 2.05) is 4.90 Å². The van der Waals surface area contributed by atoms with Crippen LogP contribution in [0.15, 0.2) is 23.1 Å². The first-order valence-corrected chi connectivity index (χ1v) is 9.97. The lowest BCUT2D eigenvalue weighted by Gasteiger charge is -2.38. The van der Waals surface area contributed by atoms with Crippen molar-refractivity contribution in [2.24, 2.45) is 5.92 Å². The summed E-state index contributed by atoms with van der Waals surface area (Å²) in [5, 5.41) is 2.86. The van der Waals surface area contributed by atoms with Crippen LogP contribution in [0.1, 0.15) is 38.7 Å². The van der Waals surface area contributed by atoms with Crippen LogP contribution in [0.3, 0.4) is 0 Å². The Hall–Kier alpha value is -1.56. The summed E-state index contributed by atoms with van der Waals surface area (Å²) in [6, 6.07) is 5.10. The molecule has 1 aromatic rings. The lowest BCUT2D eigenvalue weighted by molar-refractivity contribution is 0.138. The lowest BCUT2D eigenvalue weighted by atomic mass is 9.93. The number of carbonyl (C=O) groups excluding carboxylic acids is 1. The van der Waals surface area contributed by atoms with Crippen molar-refractivity contribution < 1.29 is 13.2 Å². The summed E-state index contributed by atoms with van der Waals surface area (Å²) >= 11 is 0. The summed E-state index contributed by atoms with van der Waals surface area (Å²) in [6.45, 7) is 6.76. The molecule has 1 aliphatic heterocycles. The average Bonchev–Trinajstić information content (AvgIpc) is 2.48. The Labute approximate surface area is 139 Å². The number of nitrogens with one attached hydrogen (secondary N) is 1. The van der Waals surface area contributed by atoms with Gasteiger partial charge in [0.25, 0.3) is 0 Å². The Morgan fingerprint density at radius 3 is 2.61 bits per heavy atom. The van der Waals surface area contributed by atoms with Crippen LogP contribution in [0, 0.1) is 12.8 Å². The van der Waals surface area contributed by atoms with Crippen LogP contribution in [0.2, 0.25) is 0 Å². The van der Waals surface area contributed by atoms with E-state index in [1.165, 1.54) is 12.3 Å². The zero-order chi connectivity index (χ0) is 17.2. The topological polar surface area (TPSA) is 66.5 Å². The second-order valence-corrected chi connectivity index (χ2v) is 8.67. The average molecular weight is 338 g/mol. The highest BCUT2D eigenvalue weighted by Crippen LogP contribution is 2.25. The smallest absolute Gasteiger partial charge is 0.321 e. The quantitative estimate of drug-likeness (QED) is 0.918. The number of rotatable bonds is 3. The molecule has 128 valence electrons. The second kappa shape index (κ2) is 6.91. The highest BCUT2D eigenvalue weighted by molar-refractivity contribution is 7.90. The number of carbonyl (C=O) groups is 1. The SMILES string of the molecule is Cc1ccc(NC(=O)N2CCCC[C@H]2C(C)C)cc1S(C)(=O)=O. The maximum absolute atomic E-state index is 12.6. The highest BCUT2D eigenvalue weighted by Gasteiger charge is 2.29. The van der Waals surface area contributed by atoms with Gasteiger partial charge in [0.15, 0.2) is 9.84 Å². The fraction of sp³-hybridized carbons (Fsp3) is 0.588. The molecular weight excluding hydrogens is 312 g/mol. The van der Waals surface area contributed by atoms with Gasteiger partial charge >= 0.3 is 6.03 Å². The molecule has 0 bridgehead atoms. The van der Waals surface area contributed by atoms with Gasteiger partial charge in [-0.1, -0.05) is 19.9 Å². The number of nitrogens with zero attached hydrogens (tertiary/aromatic N) is 1. The van der Waals surface area contributed by atoms with Gasteiger partial charge in [-0.25, -0.2) is 13.2 Å². The van der Waals surface area contributed by atoms with E-state index in [9.17, 15) is 13.2 Å². The minimum atomic E-state index is -3.31. The minimum Gasteiger partial charge on any atom is -0.321 e. The Morgan fingerprint density at radius 2 is 2.00 bits per heavy atom. The minimum absolute atomic E-state index is 0.147. The van der Waals surface area contributed by atoms with E-state index in [4.69, 9.17) is 0 Å². The molecule has 0 aliphatic carbocycles. The molecule has 2 rings (SSSR count). The number of hydrogen-bond acceptors (Lipinski definition) is 3. The number of benzene rings is 1. The number of urea groups is 1. The van der Waals surface area contributed by atoms with Crippen molar-refractivity contribution in [2.45, 2.75) is 51.0 Å². The number of hydrogen-bond donors (Lipinski definition) is 1. The molecule has 1 saturated heterocycles. The summed E-state index contributed by atoms with van der Waals surface area (Å²) in [5.41, 5.74) is 1.21. The fourth-order valence-corrected chi connectivity index (χ4v) is 4.17. The molecule has 23 heavy (non-hydrogen) atoms. The van der Waals surface area contributed by atoms with Gasteiger partial charge in [-0.15, -0.1) is 0 Å². The van der Waals surface area contributed by atoms with Crippen LogP contribution in [-0.4, -0.2) is 38.2 Å². The third-order valence-electron chi connectivity index (χ3n) is 4.42. The van der Waals surface area contributed by atoms with E-state index in [-0.39, 0.29) is 17.0 Å². The standard InChI is InChI=1S/C17H26N2O3S/c1-12(2)15-7-5-6-10-19(15)17(20)18-14-9-8-13(3)16(11-14)23(4,21)22/h8-9,11-12,15H,5-7,10H2,1-4H3,(H,18,20)/t15-/m0/s1. The van der Waals surface area contributed by atoms with Crippen molar-refractivity contribution in [3.05, 3.63) is 23.8 Å². The molecule has 1 atom stereocenters. The van der Waals surface area contributed by atoms with Crippen LogP contribution in [0.4, 0.5) is 10.5 Å². The van der Waals surface area contributed by atoms with Gasteiger partial charge in [-0.3, -0.25) is 0 Å². The number of likely N-dealkylation sites (tertiary alicyclic amines) is 1. The van der Waals surface area contributed by atoms with E-state index >= 15 is 0 Å². The van der Waals surface area contributed by atoms with Crippen molar-refractivity contribution in [3.8, 4) is 0 Å². The first-order valence-electron chi connectivity index (χ1n) is 8.08. The van der Waals surface area contributed by atoms with Crippen LogP contribution >= 0.6 is 0 Å². The molecule has 0 saturated carbocycles. The van der Waals surface area contributed by atoms with E-state index in [0.717, 1.165) is 25.8 Å². The monoisotopic (exact) mass is 338 g/mol. The van der Waals surface area contributed by atoms with Crippen molar-refractivity contribution in [1.82, 2.24) is 4.90 Å². The van der Waals surface area contributed by atoms with Gasteiger partial charge < -0.3 is 10.2 Å². The third-order valence-corrected chi connectivity index (χ3v) is 5.66. The van der Waals surface area contributed by atoms with Crippen LogP contribution < -0.4 is 5.32 Å². The zero-order valence-corrected chi connectivity index (χ0v) is 15.1. The van der Waals surface area contributed by atoms with Crippen molar-refractivity contribution >= 4 is 21.6 Å². The maximum atomic E-state index is 12.6. The molecule has 0 radical (unpaired) electrons. The largest absolute Gasteiger partial charge is 0.322 e. The second-order valence-electron chi connectivity index (χ2n) is 6.68. The van der Waals surface area contributed by atoms with Crippen LogP contribution in [0.5, 0.6) is 0 Å². The number of piperidine rings is 1. The molecule has 0 spiro atoms. The molecule has 1 N–H and O–H groups in total. The summed E-state index contributed by atoms with van der Waals surface area (Å²) < 4.78 is 23.6. The Balaban J connectivity index is 2.20. The Morgan fingerprint density at radius 1 is 1.30 bits per heavy atom. The summed E-state index contributed by atoms with van der Waals surface area (Å²) in [5.74, 6) is 0.408. The van der Waals surface area contributed by atoms with Gasteiger partial charge in [0.05, 0.1) is 4.90 Å². The van der Waals surface area contributed by atoms with E-state index in [1.54, 1.807) is 19.1 Å². The van der Waals surface area contributed by atoms with Crippen LogP contribution in [0.25, 0.3) is 0 Å². The zero-order valence-electron chi connectivity index (χ0n) is 14.3. The first kappa shape index (κ1) is 17.8. The summed E-state index contributed by atoms with van der Waals surface area (Å²) in [6.07, 6.45) is 4.36. The molecule has 2 amide bonds. The van der Waals surface area contributed by atoms with Gasteiger partial charge in [0, 0.05) is 24.5 Å². The number of aryl methyl sites for hydroxylation is 1. The molecule has 0 unspecified atom stereocenters. The molecule has 1 heterocycles. The van der Waals surface area contributed by atoms with E-state index in [0.29, 0.717) is 17.2 Å². The van der Waals surface area contributed by atoms with E-state index in [2.05, 4.69) is 19.2 Å². The summed E-state index contributed by atoms with van der Waals surface area (Å²) in [4.78, 5) is 14.7. The van der Waals surface area contributed by atoms with Crippen LogP contribution in [-0.2, 0) is 9.84 Å². The third kappa shape index (κ3) is 4.25. The molecule has 1 fully saturated rings. The summed E-state index contributed by atoms with van der Waals surface area (Å²) in [7, 11) is -3.31. The van der Waals surface area contributed by atoms with Crippen molar-refractivity contribution in [2.75, 3.05) is 18.1 Å².